The minimum absolute atomic E-state index is 0.157. The highest BCUT2D eigenvalue weighted by atomic mass is 19.1. The fourth-order valence-electron chi connectivity index (χ4n) is 2.92. The van der Waals surface area contributed by atoms with Crippen LogP contribution < -0.4 is 10.6 Å². The van der Waals surface area contributed by atoms with Crippen LogP contribution in [0.15, 0.2) is 54.6 Å². The molecule has 8 nitrogen and oxygen atoms in total. The standard InChI is InChI=1S/C21H20FN7O/c1-14-3-2-4-18(24-14)25-21(30)12-11-20-27-26-19-10-9-17(28-29(19)20)23-13-15-5-7-16(22)8-6-15/h2-10H,11-13H2,1H3,(H,23,28)(H,24,25,30). The van der Waals surface area contributed by atoms with Gasteiger partial charge in [0.25, 0.3) is 0 Å². The van der Waals surface area contributed by atoms with E-state index >= 15 is 0 Å². The molecule has 3 heterocycles. The zero-order chi connectivity index (χ0) is 20.9. The molecule has 0 saturated heterocycles. The average molecular weight is 405 g/mol. The summed E-state index contributed by atoms with van der Waals surface area (Å²) in [6.07, 6.45) is 0.610. The van der Waals surface area contributed by atoms with Crippen molar-refractivity contribution in [2.45, 2.75) is 26.3 Å². The first-order chi connectivity index (χ1) is 14.6. The molecule has 0 bridgehead atoms. The molecule has 1 aromatic carbocycles. The van der Waals surface area contributed by atoms with Crippen molar-refractivity contribution < 1.29 is 9.18 Å². The molecular weight excluding hydrogens is 385 g/mol. The van der Waals surface area contributed by atoms with Gasteiger partial charge in [-0.05, 0) is 48.9 Å². The molecule has 0 spiro atoms. The van der Waals surface area contributed by atoms with Gasteiger partial charge in [0, 0.05) is 25.1 Å². The number of nitrogens with zero attached hydrogens (tertiary/aromatic N) is 5. The Labute approximate surface area is 172 Å². The highest BCUT2D eigenvalue weighted by Crippen LogP contribution is 2.11. The molecule has 0 aliphatic rings. The zero-order valence-electron chi connectivity index (χ0n) is 16.3. The fourth-order valence-corrected chi connectivity index (χ4v) is 2.92. The third kappa shape index (κ3) is 4.75. The molecule has 0 saturated carbocycles. The number of aryl methyl sites for hydroxylation is 2. The number of rotatable bonds is 7. The largest absolute Gasteiger partial charge is 0.365 e. The Kier molecular flexibility index (Phi) is 5.60. The third-order valence-corrected chi connectivity index (χ3v) is 4.45. The lowest BCUT2D eigenvalue weighted by Crippen LogP contribution is -2.14. The van der Waals surface area contributed by atoms with Crippen LogP contribution in [0.3, 0.4) is 0 Å². The van der Waals surface area contributed by atoms with E-state index in [1.54, 1.807) is 34.8 Å². The fraction of sp³-hybridized carbons (Fsp3) is 0.190. The molecule has 0 aliphatic carbocycles. The van der Waals surface area contributed by atoms with E-state index in [4.69, 9.17) is 0 Å². The highest BCUT2D eigenvalue weighted by molar-refractivity contribution is 5.89. The van der Waals surface area contributed by atoms with Crippen LogP contribution in [0.1, 0.15) is 23.5 Å². The van der Waals surface area contributed by atoms with Crippen molar-refractivity contribution >= 4 is 23.2 Å². The van der Waals surface area contributed by atoms with E-state index in [0.29, 0.717) is 36.1 Å². The number of amides is 1. The Morgan fingerprint density at radius 3 is 2.67 bits per heavy atom. The van der Waals surface area contributed by atoms with Crippen LogP contribution in [0.2, 0.25) is 0 Å². The maximum atomic E-state index is 13.0. The number of halogens is 1. The Bertz CT molecular complexity index is 1170. The summed E-state index contributed by atoms with van der Waals surface area (Å²) in [4.78, 5) is 16.5. The normalized spacial score (nSPS) is 10.9. The van der Waals surface area contributed by atoms with Gasteiger partial charge in [-0.15, -0.1) is 15.3 Å². The molecular formula is C21H20FN7O. The molecule has 1 amide bonds. The summed E-state index contributed by atoms with van der Waals surface area (Å²) in [6, 6.07) is 15.3. The van der Waals surface area contributed by atoms with Crippen LogP contribution in [-0.4, -0.2) is 30.7 Å². The monoisotopic (exact) mass is 405 g/mol. The molecule has 4 aromatic rings. The van der Waals surface area contributed by atoms with Gasteiger partial charge in [0.05, 0.1) is 0 Å². The van der Waals surface area contributed by atoms with E-state index in [9.17, 15) is 9.18 Å². The second-order valence-electron chi connectivity index (χ2n) is 6.80. The highest BCUT2D eigenvalue weighted by Gasteiger charge is 2.11. The van der Waals surface area contributed by atoms with Crippen molar-refractivity contribution in [3.63, 3.8) is 0 Å². The van der Waals surface area contributed by atoms with E-state index in [2.05, 4.69) is 30.9 Å². The minimum atomic E-state index is -0.269. The van der Waals surface area contributed by atoms with Crippen LogP contribution in [0.5, 0.6) is 0 Å². The number of nitrogens with one attached hydrogen (secondary N) is 2. The topological polar surface area (TPSA) is 97.1 Å². The Hall–Kier alpha value is -3.88. The van der Waals surface area contributed by atoms with Gasteiger partial charge in [-0.2, -0.15) is 4.52 Å². The van der Waals surface area contributed by atoms with Crippen molar-refractivity contribution in [3.05, 3.63) is 77.5 Å². The van der Waals surface area contributed by atoms with E-state index in [1.165, 1.54) is 12.1 Å². The number of benzene rings is 1. The molecule has 2 N–H and O–H groups in total. The predicted molar refractivity (Wildman–Crippen MR) is 110 cm³/mol. The van der Waals surface area contributed by atoms with Crippen LogP contribution in [0, 0.1) is 12.7 Å². The van der Waals surface area contributed by atoms with E-state index in [-0.39, 0.29) is 18.1 Å². The number of fused-ring (bicyclic) bond motifs is 1. The van der Waals surface area contributed by atoms with Gasteiger partial charge in [-0.3, -0.25) is 4.79 Å². The molecule has 0 atom stereocenters. The summed E-state index contributed by atoms with van der Waals surface area (Å²) in [6.45, 7) is 2.37. The lowest BCUT2D eigenvalue weighted by molar-refractivity contribution is -0.116. The molecule has 0 unspecified atom stereocenters. The van der Waals surface area contributed by atoms with Gasteiger partial charge in [-0.25, -0.2) is 9.37 Å². The van der Waals surface area contributed by atoms with E-state index < -0.39 is 0 Å². The molecule has 9 heteroatoms. The number of hydrogen-bond acceptors (Lipinski definition) is 6. The summed E-state index contributed by atoms with van der Waals surface area (Å²) in [5, 5.41) is 18.7. The molecule has 0 radical (unpaired) electrons. The first kappa shape index (κ1) is 19.4. The molecule has 0 aliphatic heterocycles. The van der Waals surface area contributed by atoms with Crippen molar-refractivity contribution in [1.82, 2.24) is 24.8 Å². The zero-order valence-corrected chi connectivity index (χ0v) is 16.3. The molecule has 3 aromatic heterocycles. The van der Waals surface area contributed by atoms with Crippen molar-refractivity contribution in [3.8, 4) is 0 Å². The number of pyridine rings is 1. The SMILES string of the molecule is Cc1cccc(NC(=O)CCc2nnc3ccc(NCc4ccc(F)cc4)nn23)n1. The minimum Gasteiger partial charge on any atom is -0.365 e. The summed E-state index contributed by atoms with van der Waals surface area (Å²) in [5.74, 6) is 1.31. The second kappa shape index (κ2) is 8.64. The summed E-state index contributed by atoms with van der Waals surface area (Å²) in [7, 11) is 0. The summed E-state index contributed by atoms with van der Waals surface area (Å²) >= 11 is 0. The second-order valence-corrected chi connectivity index (χ2v) is 6.80. The van der Waals surface area contributed by atoms with Gasteiger partial charge in [0.1, 0.15) is 17.5 Å². The van der Waals surface area contributed by atoms with Gasteiger partial charge in [0.15, 0.2) is 11.5 Å². The number of carbonyl (C=O) groups excluding carboxylic acids is 1. The summed E-state index contributed by atoms with van der Waals surface area (Å²) in [5.41, 5.74) is 2.36. The van der Waals surface area contributed by atoms with Crippen molar-refractivity contribution in [2.24, 2.45) is 0 Å². The van der Waals surface area contributed by atoms with E-state index in [0.717, 1.165) is 11.3 Å². The lowest BCUT2D eigenvalue weighted by Gasteiger charge is -2.07. The average Bonchev–Trinajstić information content (AvgIpc) is 3.14. The lowest BCUT2D eigenvalue weighted by atomic mass is 10.2. The molecule has 152 valence electrons. The Morgan fingerprint density at radius 1 is 1.03 bits per heavy atom. The first-order valence-corrected chi connectivity index (χ1v) is 9.50. The van der Waals surface area contributed by atoms with Crippen LogP contribution in [0.4, 0.5) is 16.0 Å². The molecule has 30 heavy (non-hydrogen) atoms. The van der Waals surface area contributed by atoms with Crippen molar-refractivity contribution in [1.29, 1.82) is 0 Å². The number of anilines is 2. The number of hydrogen-bond donors (Lipinski definition) is 2. The van der Waals surface area contributed by atoms with Gasteiger partial charge < -0.3 is 10.6 Å². The van der Waals surface area contributed by atoms with Crippen molar-refractivity contribution in [2.75, 3.05) is 10.6 Å². The maximum absolute atomic E-state index is 13.0. The van der Waals surface area contributed by atoms with Gasteiger partial charge in [-0.1, -0.05) is 18.2 Å². The van der Waals surface area contributed by atoms with Crippen LogP contribution >= 0.6 is 0 Å². The first-order valence-electron chi connectivity index (χ1n) is 9.50. The van der Waals surface area contributed by atoms with Gasteiger partial charge in [0.2, 0.25) is 5.91 Å². The maximum Gasteiger partial charge on any atom is 0.225 e. The third-order valence-electron chi connectivity index (χ3n) is 4.45. The van der Waals surface area contributed by atoms with Crippen LogP contribution in [0.25, 0.3) is 5.65 Å². The number of aromatic nitrogens is 5. The molecule has 0 fully saturated rings. The van der Waals surface area contributed by atoms with E-state index in [1.807, 2.05) is 19.1 Å². The van der Waals surface area contributed by atoms with Crippen LogP contribution in [-0.2, 0) is 17.8 Å². The smallest absolute Gasteiger partial charge is 0.225 e. The van der Waals surface area contributed by atoms with Gasteiger partial charge >= 0.3 is 0 Å². The molecule has 4 rings (SSSR count). The Balaban J connectivity index is 1.39. The quantitative estimate of drug-likeness (QED) is 0.490. The number of carbonyl (C=O) groups is 1. The summed E-state index contributed by atoms with van der Waals surface area (Å²) < 4.78 is 14.6. The predicted octanol–water partition coefficient (Wildman–Crippen LogP) is 3.15. The Morgan fingerprint density at radius 2 is 1.87 bits per heavy atom.